The van der Waals surface area contributed by atoms with Gasteiger partial charge < -0.3 is 0 Å². The van der Waals surface area contributed by atoms with Crippen molar-refractivity contribution < 1.29 is 0 Å². The van der Waals surface area contributed by atoms with Crippen LogP contribution in [0, 0.1) is 7.91 Å². The first-order chi connectivity index (χ1) is 8.47. The summed E-state index contributed by atoms with van der Waals surface area (Å²) in [6.45, 7) is 0. The van der Waals surface area contributed by atoms with E-state index >= 15 is 0 Å². The number of thioether (sulfide) groups is 2. The molecule has 0 amide bonds. The van der Waals surface area contributed by atoms with Gasteiger partial charge in [0.25, 0.3) is 0 Å². The Morgan fingerprint density at radius 1 is 0.889 bits per heavy atom. The predicted octanol–water partition coefficient (Wildman–Crippen LogP) is 3.87. The molecule has 0 atom stereocenters. The third-order valence-corrected chi connectivity index (χ3v) is 6.47. The molecule has 2 aromatic heterocycles. The number of nitrogens with zero attached hydrogens (tertiary/aromatic N) is 4. The third-order valence-electron chi connectivity index (χ3n) is 1.69. The first-order valence-corrected chi connectivity index (χ1v) is 9.54. The molecule has 10 heteroatoms. The van der Waals surface area contributed by atoms with E-state index < -0.39 is 0 Å². The average Bonchev–Trinajstić information content (AvgIpc) is 2.84. The summed E-state index contributed by atoms with van der Waals surface area (Å²) in [6.07, 6.45) is 3.99. The molecule has 4 nitrogen and oxygen atoms in total. The highest BCUT2D eigenvalue weighted by Gasteiger charge is 1.96. The lowest BCUT2D eigenvalue weighted by Crippen LogP contribution is -1.88. The molecule has 0 saturated heterocycles. The first-order valence-electron chi connectivity index (χ1n) is 4.64. The number of aryl methyl sites for hydroxylation is 2. The fourth-order valence-corrected chi connectivity index (χ4v) is 4.21. The van der Waals surface area contributed by atoms with Crippen LogP contribution in [0.25, 0.3) is 0 Å². The molecule has 0 fully saturated rings. The van der Waals surface area contributed by atoms with E-state index in [-0.39, 0.29) is 0 Å². The van der Waals surface area contributed by atoms with Gasteiger partial charge in [-0.15, -0.1) is 0 Å². The molecular weight excluding hydrogens is 345 g/mol. The topological polar surface area (TPSA) is 35.6 Å². The van der Waals surface area contributed by atoms with E-state index in [9.17, 15) is 0 Å². The standard InChI is InChI=1S/2C4H6N2S3/c2*1-6-4(7)9-3(5-6)8-2/h2*1-2H3. The van der Waals surface area contributed by atoms with Crippen LogP contribution in [-0.2, 0) is 14.1 Å². The van der Waals surface area contributed by atoms with Gasteiger partial charge in [-0.25, -0.2) is 9.36 Å². The molecule has 100 valence electrons. The van der Waals surface area contributed by atoms with Crippen LogP contribution in [0.15, 0.2) is 8.68 Å². The van der Waals surface area contributed by atoms with Crippen LogP contribution >= 0.6 is 70.6 Å². The number of hydrogen-bond acceptors (Lipinski definition) is 8. The zero-order valence-electron chi connectivity index (χ0n) is 10.2. The van der Waals surface area contributed by atoms with Gasteiger partial charge in [-0.2, -0.15) is 10.2 Å². The van der Waals surface area contributed by atoms with Crippen molar-refractivity contribution in [3.05, 3.63) is 7.91 Å². The SMILES string of the molecule is CSc1nn(C)c(=S)s1.CSc1nn(C)c(=S)s1. The molecule has 2 rings (SSSR count). The summed E-state index contributed by atoms with van der Waals surface area (Å²) in [5, 5.41) is 8.25. The van der Waals surface area contributed by atoms with Crippen LogP contribution in [0.1, 0.15) is 0 Å². The lowest BCUT2D eigenvalue weighted by molar-refractivity contribution is 0.730. The van der Waals surface area contributed by atoms with Gasteiger partial charge >= 0.3 is 0 Å². The molecule has 18 heavy (non-hydrogen) atoms. The minimum atomic E-state index is 0.833. The molecule has 0 bridgehead atoms. The summed E-state index contributed by atoms with van der Waals surface area (Å²) >= 11 is 16.2. The zero-order chi connectivity index (χ0) is 13.7. The normalized spacial score (nSPS) is 10.0. The van der Waals surface area contributed by atoms with Crippen LogP contribution in [0.3, 0.4) is 0 Å². The second kappa shape index (κ2) is 7.75. The first kappa shape index (κ1) is 16.3. The highest BCUT2D eigenvalue weighted by Crippen LogP contribution is 2.18. The average molecular weight is 357 g/mol. The fraction of sp³-hybridized carbons (Fsp3) is 0.500. The molecular formula is C8H12N4S6. The predicted molar refractivity (Wildman–Crippen MR) is 87.4 cm³/mol. The van der Waals surface area contributed by atoms with Crippen LogP contribution in [0.2, 0.25) is 0 Å². The van der Waals surface area contributed by atoms with E-state index in [1.807, 2.05) is 26.6 Å². The van der Waals surface area contributed by atoms with Crippen molar-refractivity contribution in [2.24, 2.45) is 14.1 Å². The lowest BCUT2D eigenvalue weighted by atomic mass is 11.3. The van der Waals surface area contributed by atoms with Crippen molar-refractivity contribution in [2.75, 3.05) is 12.5 Å². The summed E-state index contributed by atoms with van der Waals surface area (Å²) < 4.78 is 7.15. The van der Waals surface area contributed by atoms with Crippen molar-refractivity contribution in [3.8, 4) is 0 Å². The monoisotopic (exact) mass is 356 g/mol. The molecule has 0 saturated carbocycles. The second-order valence-corrected chi connectivity index (χ2v) is 8.28. The maximum absolute atomic E-state index is 4.95. The molecule has 0 N–H and O–H groups in total. The molecule has 0 aliphatic rings. The van der Waals surface area contributed by atoms with Crippen molar-refractivity contribution >= 4 is 70.6 Å². The Morgan fingerprint density at radius 3 is 1.33 bits per heavy atom. The Balaban J connectivity index is 0.000000180. The zero-order valence-corrected chi connectivity index (χ0v) is 15.1. The number of aromatic nitrogens is 4. The summed E-state index contributed by atoms with van der Waals surface area (Å²) in [5.41, 5.74) is 0. The van der Waals surface area contributed by atoms with E-state index in [0.717, 1.165) is 16.6 Å². The van der Waals surface area contributed by atoms with Gasteiger partial charge in [0.15, 0.2) is 16.6 Å². The lowest BCUT2D eigenvalue weighted by Gasteiger charge is -1.81. The summed E-state index contributed by atoms with van der Waals surface area (Å²) in [7, 11) is 3.72. The van der Waals surface area contributed by atoms with Gasteiger partial charge in [-0.3, -0.25) is 0 Å². The van der Waals surface area contributed by atoms with E-state index in [1.54, 1.807) is 55.6 Å². The maximum Gasteiger partial charge on any atom is 0.179 e. The van der Waals surface area contributed by atoms with Gasteiger partial charge in [0.1, 0.15) is 0 Å². The smallest absolute Gasteiger partial charge is 0.179 e. The van der Waals surface area contributed by atoms with Crippen LogP contribution in [0.4, 0.5) is 0 Å². The summed E-state index contributed by atoms with van der Waals surface area (Å²) in [4.78, 5) is 0. The Labute approximate surface area is 132 Å². The largest absolute Gasteiger partial charge is 0.247 e. The van der Waals surface area contributed by atoms with Crippen molar-refractivity contribution in [1.82, 2.24) is 19.6 Å². The molecule has 0 unspecified atom stereocenters. The molecule has 0 aliphatic carbocycles. The maximum atomic E-state index is 4.95. The Morgan fingerprint density at radius 2 is 1.22 bits per heavy atom. The molecule has 0 aliphatic heterocycles. The van der Waals surface area contributed by atoms with Crippen molar-refractivity contribution in [3.63, 3.8) is 0 Å². The Bertz CT molecular complexity index is 551. The van der Waals surface area contributed by atoms with Crippen LogP contribution in [-0.4, -0.2) is 32.1 Å². The van der Waals surface area contributed by atoms with E-state index in [4.69, 9.17) is 24.4 Å². The number of rotatable bonds is 2. The molecule has 0 spiro atoms. The fourth-order valence-electron chi connectivity index (χ4n) is 0.814. The van der Waals surface area contributed by atoms with E-state index in [2.05, 4.69) is 10.2 Å². The molecule has 0 aromatic carbocycles. The van der Waals surface area contributed by atoms with Gasteiger partial charge in [-0.05, 0) is 36.9 Å². The van der Waals surface area contributed by atoms with E-state index in [0.29, 0.717) is 0 Å². The minimum absolute atomic E-state index is 0.833. The van der Waals surface area contributed by atoms with Crippen LogP contribution in [0.5, 0.6) is 0 Å². The van der Waals surface area contributed by atoms with Crippen molar-refractivity contribution in [2.45, 2.75) is 8.68 Å². The molecule has 2 aromatic rings. The van der Waals surface area contributed by atoms with Gasteiger partial charge in [0.05, 0.1) is 0 Å². The summed E-state index contributed by atoms with van der Waals surface area (Å²) in [5.74, 6) is 0. The van der Waals surface area contributed by atoms with Gasteiger partial charge in [0, 0.05) is 14.1 Å². The minimum Gasteiger partial charge on any atom is -0.247 e. The van der Waals surface area contributed by atoms with Gasteiger partial charge in [0.2, 0.25) is 0 Å². The third kappa shape index (κ3) is 4.74. The Hall–Kier alpha value is 0.260. The molecule has 0 radical (unpaired) electrons. The van der Waals surface area contributed by atoms with Crippen LogP contribution < -0.4 is 0 Å². The van der Waals surface area contributed by atoms with Crippen molar-refractivity contribution in [1.29, 1.82) is 0 Å². The Kier molecular flexibility index (Phi) is 7.03. The number of hydrogen-bond donors (Lipinski definition) is 0. The van der Waals surface area contributed by atoms with E-state index in [1.165, 1.54) is 0 Å². The highest BCUT2D eigenvalue weighted by molar-refractivity contribution is 8.00. The summed E-state index contributed by atoms with van der Waals surface area (Å²) in [6, 6.07) is 0. The highest BCUT2D eigenvalue weighted by atomic mass is 32.2. The quantitative estimate of drug-likeness (QED) is 0.600. The molecule has 2 heterocycles. The van der Waals surface area contributed by atoms with Gasteiger partial charge in [-0.1, -0.05) is 46.2 Å². The second-order valence-electron chi connectivity index (χ2n) is 2.92.